The molecule has 0 saturated heterocycles. The Balaban J connectivity index is 3.37. The highest BCUT2D eigenvalue weighted by molar-refractivity contribution is 6.19. The highest BCUT2D eigenvalue weighted by Crippen LogP contribution is 2.02. The average molecular weight is 183 g/mol. The topological polar surface area (TPSA) is 55.8 Å². The van der Waals surface area contributed by atoms with Gasteiger partial charge in [0.15, 0.2) is 6.29 Å². The smallest absolute Gasteiger partial charge is 0.329 e. The van der Waals surface area contributed by atoms with E-state index in [4.69, 9.17) is 26.2 Å². The molecule has 0 saturated carbocycles. The van der Waals surface area contributed by atoms with E-state index in [1.165, 1.54) is 0 Å². The molecule has 2 unspecified atom stereocenters. The van der Waals surface area contributed by atoms with Crippen molar-refractivity contribution in [2.75, 3.05) is 6.61 Å². The van der Waals surface area contributed by atoms with Crippen LogP contribution in [-0.2, 0) is 14.3 Å². The van der Waals surface area contributed by atoms with E-state index in [0.29, 0.717) is 0 Å². The second-order valence-electron chi connectivity index (χ2n) is 1.95. The van der Waals surface area contributed by atoms with E-state index in [9.17, 15) is 4.79 Å². The van der Waals surface area contributed by atoms with E-state index < -0.39 is 17.8 Å². The summed E-state index contributed by atoms with van der Waals surface area (Å²) in [4.78, 5) is 9.98. The Kier molecular flexibility index (Phi) is 5.19. The standard InChI is InChI=1S/C6H11ClO4/c1-4(7)11-5(2)10-3-6(8)9/h4-5H,3H2,1-2H3,(H,8,9). The maximum Gasteiger partial charge on any atom is 0.329 e. The van der Waals surface area contributed by atoms with E-state index in [2.05, 4.69) is 0 Å². The average Bonchev–Trinajstić information content (AvgIpc) is 1.82. The Morgan fingerprint density at radius 1 is 1.64 bits per heavy atom. The molecule has 2 atom stereocenters. The number of carboxylic acid groups (broad SMARTS) is 1. The fourth-order valence-electron chi connectivity index (χ4n) is 0.492. The van der Waals surface area contributed by atoms with Gasteiger partial charge in [0.25, 0.3) is 0 Å². The van der Waals surface area contributed by atoms with Crippen molar-refractivity contribution in [3.05, 3.63) is 0 Å². The number of hydrogen-bond donors (Lipinski definition) is 1. The zero-order valence-corrected chi connectivity index (χ0v) is 7.17. The third kappa shape index (κ3) is 7.58. The quantitative estimate of drug-likeness (QED) is 0.510. The lowest BCUT2D eigenvalue weighted by atomic mass is 10.7. The second kappa shape index (κ2) is 5.35. The zero-order valence-electron chi connectivity index (χ0n) is 6.41. The van der Waals surface area contributed by atoms with Gasteiger partial charge >= 0.3 is 5.97 Å². The number of hydrogen-bond acceptors (Lipinski definition) is 3. The van der Waals surface area contributed by atoms with Crippen LogP contribution >= 0.6 is 11.6 Å². The molecule has 0 aliphatic rings. The van der Waals surface area contributed by atoms with E-state index in [1.807, 2.05) is 0 Å². The molecule has 0 aromatic carbocycles. The molecule has 4 nitrogen and oxygen atoms in total. The van der Waals surface area contributed by atoms with Gasteiger partial charge in [-0.25, -0.2) is 4.79 Å². The summed E-state index contributed by atoms with van der Waals surface area (Å²) in [5.41, 5.74) is -0.473. The molecule has 0 fully saturated rings. The summed E-state index contributed by atoms with van der Waals surface area (Å²) in [5, 5.41) is 8.18. The highest BCUT2D eigenvalue weighted by atomic mass is 35.5. The van der Waals surface area contributed by atoms with Crippen LogP contribution in [0.4, 0.5) is 0 Å². The fraction of sp³-hybridized carbons (Fsp3) is 0.833. The Morgan fingerprint density at radius 2 is 2.18 bits per heavy atom. The molecule has 5 heteroatoms. The summed E-state index contributed by atoms with van der Waals surface area (Å²) in [6.07, 6.45) is -0.585. The van der Waals surface area contributed by atoms with Crippen LogP contribution in [0.15, 0.2) is 0 Å². The number of carbonyl (C=O) groups is 1. The number of rotatable bonds is 5. The summed E-state index contributed by atoms with van der Waals surface area (Å²) in [6, 6.07) is 0. The number of carboxylic acids is 1. The summed E-state index contributed by atoms with van der Waals surface area (Å²) in [7, 11) is 0. The van der Waals surface area contributed by atoms with Crippen molar-refractivity contribution in [3.8, 4) is 0 Å². The molecule has 0 rings (SSSR count). The predicted octanol–water partition coefficient (Wildman–Crippen LogP) is 1.03. The molecule has 0 aliphatic heterocycles. The minimum Gasteiger partial charge on any atom is -0.480 e. The molecule has 0 radical (unpaired) electrons. The molecule has 0 heterocycles. The van der Waals surface area contributed by atoms with Gasteiger partial charge in [-0.15, -0.1) is 0 Å². The molecule has 11 heavy (non-hydrogen) atoms. The summed E-state index contributed by atoms with van der Waals surface area (Å²) < 4.78 is 9.59. The van der Waals surface area contributed by atoms with Gasteiger partial charge in [-0.05, 0) is 13.8 Å². The van der Waals surface area contributed by atoms with Crippen molar-refractivity contribution in [2.24, 2.45) is 0 Å². The summed E-state index contributed by atoms with van der Waals surface area (Å²) >= 11 is 5.44. The molecule has 0 aromatic rings. The lowest BCUT2D eigenvalue weighted by molar-refractivity contribution is -0.165. The van der Waals surface area contributed by atoms with Crippen LogP contribution in [0, 0.1) is 0 Å². The van der Waals surface area contributed by atoms with Crippen LogP contribution in [-0.4, -0.2) is 29.5 Å². The Hall–Kier alpha value is -0.320. The monoisotopic (exact) mass is 182 g/mol. The van der Waals surface area contributed by atoms with Gasteiger partial charge in [-0.2, -0.15) is 0 Å². The lowest BCUT2D eigenvalue weighted by Gasteiger charge is -2.13. The van der Waals surface area contributed by atoms with Gasteiger partial charge in [0.05, 0.1) is 0 Å². The van der Waals surface area contributed by atoms with E-state index in [0.717, 1.165) is 0 Å². The van der Waals surface area contributed by atoms with Crippen molar-refractivity contribution >= 4 is 17.6 Å². The first-order chi connectivity index (χ1) is 5.02. The maximum atomic E-state index is 9.98. The Morgan fingerprint density at radius 3 is 2.55 bits per heavy atom. The van der Waals surface area contributed by atoms with Crippen molar-refractivity contribution in [3.63, 3.8) is 0 Å². The first-order valence-electron chi connectivity index (χ1n) is 3.15. The molecule has 66 valence electrons. The van der Waals surface area contributed by atoms with Gasteiger partial charge in [0.1, 0.15) is 12.2 Å². The summed E-state index contributed by atoms with van der Waals surface area (Å²) in [6.45, 7) is 2.84. The third-order valence-corrected chi connectivity index (χ3v) is 0.924. The van der Waals surface area contributed by atoms with Gasteiger partial charge < -0.3 is 14.6 Å². The van der Waals surface area contributed by atoms with Crippen LogP contribution in [0.5, 0.6) is 0 Å². The van der Waals surface area contributed by atoms with Crippen LogP contribution in [0.3, 0.4) is 0 Å². The number of alkyl halides is 1. The zero-order chi connectivity index (χ0) is 8.85. The van der Waals surface area contributed by atoms with Gasteiger partial charge in [0.2, 0.25) is 0 Å². The van der Waals surface area contributed by atoms with Crippen molar-refractivity contribution in [1.82, 2.24) is 0 Å². The van der Waals surface area contributed by atoms with Crippen LogP contribution < -0.4 is 0 Å². The molecule has 0 aliphatic carbocycles. The van der Waals surface area contributed by atoms with E-state index in [1.54, 1.807) is 13.8 Å². The fourth-order valence-corrected chi connectivity index (χ4v) is 0.637. The normalized spacial score (nSPS) is 15.9. The molecule has 0 spiro atoms. The highest BCUT2D eigenvalue weighted by Gasteiger charge is 2.07. The van der Waals surface area contributed by atoms with Gasteiger partial charge in [0, 0.05) is 0 Å². The summed E-state index contributed by atoms with van der Waals surface area (Å²) in [5.74, 6) is -1.03. The lowest BCUT2D eigenvalue weighted by Crippen LogP contribution is -2.20. The molecular formula is C6H11ClO4. The van der Waals surface area contributed by atoms with Crippen LogP contribution in [0.2, 0.25) is 0 Å². The van der Waals surface area contributed by atoms with Gasteiger partial charge in [-0.1, -0.05) is 11.6 Å². The first kappa shape index (κ1) is 10.7. The molecule has 0 amide bonds. The SMILES string of the molecule is CC(Cl)OC(C)OCC(=O)O. The maximum absolute atomic E-state index is 9.98. The molecular weight excluding hydrogens is 172 g/mol. The van der Waals surface area contributed by atoms with Crippen molar-refractivity contribution < 1.29 is 19.4 Å². The van der Waals surface area contributed by atoms with E-state index in [-0.39, 0.29) is 6.61 Å². The largest absolute Gasteiger partial charge is 0.480 e. The molecule has 0 bridgehead atoms. The first-order valence-corrected chi connectivity index (χ1v) is 3.59. The Bertz CT molecular complexity index is 126. The van der Waals surface area contributed by atoms with Gasteiger partial charge in [-0.3, -0.25) is 0 Å². The number of ether oxygens (including phenoxy) is 2. The predicted molar refractivity (Wildman–Crippen MR) is 39.4 cm³/mol. The number of aliphatic carboxylic acids is 1. The van der Waals surface area contributed by atoms with Crippen LogP contribution in [0.25, 0.3) is 0 Å². The molecule has 0 aromatic heterocycles. The number of halogens is 1. The minimum atomic E-state index is -1.03. The van der Waals surface area contributed by atoms with Crippen molar-refractivity contribution in [2.45, 2.75) is 25.7 Å². The van der Waals surface area contributed by atoms with Crippen LogP contribution in [0.1, 0.15) is 13.8 Å². The van der Waals surface area contributed by atoms with Crippen molar-refractivity contribution in [1.29, 1.82) is 0 Å². The van der Waals surface area contributed by atoms with E-state index >= 15 is 0 Å². The Labute approximate surface area is 70.1 Å². The third-order valence-electron chi connectivity index (χ3n) is 0.821. The minimum absolute atomic E-state index is 0.370. The second-order valence-corrected chi connectivity index (χ2v) is 2.57. The molecule has 1 N–H and O–H groups in total.